The van der Waals surface area contributed by atoms with Gasteiger partial charge in [-0.05, 0) is 68.2 Å². The number of carbonyl (C=O) groups excluding carboxylic acids is 1. The maximum Gasteiger partial charge on any atom is 0.220 e. The van der Waals surface area contributed by atoms with Gasteiger partial charge in [0.25, 0.3) is 0 Å². The van der Waals surface area contributed by atoms with Crippen molar-refractivity contribution in [3.05, 3.63) is 0 Å². The Kier molecular flexibility index (Phi) is 17.4. The second-order valence-electron chi connectivity index (χ2n) is 7.49. The second-order valence-corrected chi connectivity index (χ2v) is 7.49. The Morgan fingerprint density at radius 3 is 1.62 bits per heavy atom. The first-order valence-electron chi connectivity index (χ1n) is 9.40. The fourth-order valence-electron chi connectivity index (χ4n) is 2.53. The van der Waals surface area contributed by atoms with Crippen molar-refractivity contribution in [3.63, 3.8) is 0 Å². The van der Waals surface area contributed by atoms with Crippen molar-refractivity contribution in [2.45, 2.75) is 20.3 Å². The molecule has 2 rings (SSSR count). The summed E-state index contributed by atoms with van der Waals surface area (Å²) in [4.78, 5) is 19.8. The predicted molar refractivity (Wildman–Crippen MR) is 114 cm³/mol. The van der Waals surface area contributed by atoms with E-state index in [0.717, 1.165) is 39.0 Å². The van der Waals surface area contributed by atoms with Gasteiger partial charge in [-0.25, -0.2) is 0 Å². The molecule has 0 aliphatic carbocycles. The fourth-order valence-corrected chi connectivity index (χ4v) is 2.53. The Balaban J connectivity index is 0. The molecule has 2 aliphatic heterocycles. The van der Waals surface area contributed by atoms with Crippen LogP contribution in [0.3, 0.4) is 0 Å². The largest absolute Gasteiger partial charge is 0.369 e. The molecule has 0 atom stereocenters. The van der Waals surface area contributed by atoms with Crippen LogP contribution in [0.2, 0.25) is 0 Å². The number of piperidine rings is 1. The number of nitrogens with zero attached hydrogens (tertiary/aromatic N) is 4. The summed E-state index contributed by atoms with van der Waals surface area (Å²) in [6, 6.07) is 0. The van der Waals surface area contributed by atoms with Gasteiger partial charge in [0, 0.05) is 45.2 Å². The van der Waals surface area contributed by atoms with E-state index in [4.69, 9.17) is 5.73 Å². The molecule has 0 unspecified atom stereocenters. The number of carbonyl (C=O) groups is 1. The molecule has 0 aromatic carbocycles. The summed E-state index contributed by atoms with van der Waals surface area (Å²) in [5.74, 6) is 0.00398. The van der Waals surface area contributed by atoms with E-state index in [0.29, 0.717) is 0 Å². The second kappa shape index (κ2) is 16.4. The van der Waals surface area contributed by atoms with Crippen LogP contribution < -0.4 is 11.1 Å². The minimum atomic E-state index is -0.131. The van der Waals surface area contributed by atoms with Gasteiger partial charge in [-0.3, -0.25) is 4.79 Å². The minimum Gasteiger partial charge on any atom is -0.369 e. The van der Waals surface area contributed by atoms with Gasteiger partial charge in [0.2, 0.25) is 5.91 Å². The van der Waals surface area contributed by atoms with Crippen molar-refractivity contribution >= 4 is 5.91 Å². The van der Waals surface area contributed by atoms with E-state index in [2.05, 4.69) is 60.2 Å². The van der Waals surface area contributed by atoms with E-state index in [9.17, 15) is 4.79 Å². The van der Waals surface area contributed by atoms with Gasteiger partial charge in [0.15, 0.2) is 0 Å². The number of likely N-dealkylation sites (N-methyl/N-ethyl adjacent to an activating group) is 4. The van der Waals surface area contributed by atoms with Gasteiger partial charge >= 0.3 is 0 Å². The van der Waals surface area contributed by atoms with Crippen molar-refractivity contribution in [1.82, 2.24) is 24.9 Å². The zero-order valence-electron chi connectivity index (χ0n) is 17.4. The summed E-state index contributed by atoms with van der Waals surface area (Å²) < 4.78 is 0. The van der Waals surface area contributed by atoms with E-state index in [1.807, 2.05) is 7.05 Å². The molecule has 2 saturated heterocycles. The SMILES string of the molecule is C.CN1CCC(C(N)=O)CC1.CN1CCN(C)CC1.CNCCN(C)C. The molecule has 2 fully saturated rings. The molecular weight excluding hydrogens is 328 g/mol. The summed E-state index contributed by atoms with van der Waals surface area (Å²) in [5.41, 5.74) is 5.16. The molecule has 2 aliphatic rings. The highest BCUT2D eigenvalue weighted by atomic mass is 16.1. The summed E-state index contributed by atoms with van der Waals surface area (Å²) >= 11 is 0. The van der Waals surface area contributed by atoms with Gasteiger partial charge in [-0.1, -0.05) is 7.43 Å². The highest BCUT2D eigenvalue weighted by Crippen LogP contribution is 2.14. The summed E-state index contributed by atoms with van der Waals surface area (Å²) in [6.45, 7) is 9.14. The van der Waals surface area contributed by atoms with Crippen LogP contribution in [-0.2, 0) is 4.79 Å². The van der Waals surface area contributed by atoms with Crippen LogP contribution in [0.5, 0.6) is 0 Å². The standard InChI is InChI=1S/C7H14N2O.C6H14N2.C5H14N2.CH4/c1-9-4-2-6(3-5-9)7(8)10;1-7-3-5-8(2)6-4-7;1-6-4-5-7(2)3;/h6H,2-5H2,1H3,(H2,8,10);3-6H2,1-2H3;6H,4-5H2,1-3H3;1H4. The van der Waals surface area contributed by atoms with Crippen molar-refractivity contribution in [1.29, 1.82) is 0 Å². The van der Waals surface area contributed by atoms with Crippen LogP contribution >= 0.6 is 0 Å². The van der Waals surface area contributed by atoms with E-state index in [1.165, 1.54) is 26.2 Å². The quantitative estimate of drug-likeness (QED) is 0.726. The van der Waals surface area contributed by atoms with Crippen molar-refractivity contribution in [3.8, 4) is 0 Å². The predicted octanol–water partition coefficient (Wildman–Crippen LogP) is 0.0806. The van der Waals surface area contributed by atoms with E-state index in [-0.39, 0.29) is 19.3 Å². The van der Waals surface area contributed by atoms with Gasteiger partial charge in [-0.15, -0.1) is 0 Å². The highest BCUT2D eigenvalue weighted by Gasteiger charge is 2.20. The van der Waals surface area contributed by atoms with Gasteiger partial charge in [0.05, 0.1) is 0 Å². The number of hydrogen-bond donors (Lipinski definition) is 2. The molecule has 158 valence electrons. The van der Waals surface area contributed by atoms with Crippen molar-refractivity contribution in [2.24, 2.45) is 11.7 Å². The Hall–Kier alpha value is -0.730. The molecule has 0 saturated carbocycles. The topological polar surface area (TPSA) is 68.1 Å². The number of amides is 1. The molecule has 2 heterocycles. The van der Waals surface area contributed by atoms with Gasteiger partial charge in [0.1, 0.15) is 0 Å². The number of nitrogens with one attached hydrogen (secondary N) is 1. The Morgan fingerprint density at radius 2 is 1.35 bits per heavy atom. The summed E-state index contributed by atoms with van der Waals surface area (Å²) in [5, 5.41) is 3.06. The molecule has 7 heteroatoms. The summed E-state index contributed by atoms with van der Waals surface area (Å²) in [7, 11) is 12.5. The monoisotopic (exact) mass is 374 g/mol. The average molecular weight is 375 g/mol. The smallest absolute Gasteiger partial charge is 0.220 e. The summed E-state index contributed by atoms with van der Waals surface area (Å²) in [6.07, 6.45) is 1.87. The third-order valence-electron chi connectivity index (χ3n) is 4.66. The van der Waals surface area contributed by atoms with Crippen LogP contribution in [0.1, 0.15) is 20.3 Å². The first kappa shape index (κ1) is 27.5. The molecule has 7 nitrogen and oxygen atoms in total. The molecule has 3 N–H and O–H groups in total. The van der Waals surface area contributed by atoms with E-state index >= 15 is 0 Å². The van der Waals surface area contributed by atoms with Crippen LogP contribution in [0, 0.1) is 5.92 Å². The fraction of sp³-hybridized carbons (Fsp3) is 0.947. The lowest BCUT2D eigenvalue weighted by Gasteiger charge is -2.28. The van der Waals surface area contributed by atoms with E-state index in [1.54, 1.807) is 0 Å². The lowest BCUT2D eigenvalue weighted by Crippen LogP contribution is -2.42. The van der Waals surface area contributed by atoms with Crippen LogP contribution in [-0.4, -0.2) is 120 Å². The van der Waals surface area contributed by atoms with Gasteiger partial charge in [-0.2, -0.15) is 0 Å². The number of primary amides is 1. The van der Waals surface area contributed by atoms with Crippen molar-refractivity contribution in [2.75, 3.05) is 94.6 Å². The first-order chi connectivity index (χ1) is 11.8. The minimum absolute atomic E-state index is 0. The van der Waals surface area contributed by atoms with Crippen LogP contribution in [0.25, 0.3) is 0 Å². The maximum atomic E-state index is 10.7. The molecule has 0 radical (unpaired) electrons. The number of nitrogens with two attached hydrogens (primary N) is 1. The van der Waals surface area contributed by atoms with E-state index < -0.39 is 0 Å². The third kappa shape index (κ3) is 15.5. The number of likely N-dealkylation sites (tertiary alicyclic amines) is 1. The normalized spacial score (nSPS) is 19.7. The lowest BCUT2D eigenvalue weighted by atomic mass is 9.97. The zero-order valence-corrected chi connectivity index (χ0v) is 17.4. The molecule has 0 bridgehead atoms. The highest BCUT2D eigenvalue weighted by molar-refractivity contribution is 5.76. The molecule has 0 spiro atoms. The molecule has 26 heavy (non-hydrogen) atoms. The Labute approximate surface area is 162 Å². The number of rotatable bonds is 4. The van der Waals surface area contributed by atoms with Gasteiger partial charge < -0.3 is 30.7 Å². The average Bonchev–Trinajstić information content (AvgIpc) is 2.57. The zero-order chi connectivity index (χ0) is 19.2. The Bertz CT molecular complexity index is 314. The third-order valence-corrected chi connectivity index (χ3v) is 4.66. The molecule has 0 aromatic rings. The maximum absolute atomic E-state index is 10.7. The molecule has 1 amide bonds. The number of hydrogen-bond acceptors (Lipinski definition) is 6. The number of piperazine rings is 1. The Morgan fingerprint density at radius 1 is 0.962 bits per heavy atom. The molecule has 0 aromatic heterocycles. The van der Waals surface area contributed by atoms with Crippen LogP contribution in [0.15, 0.2) is 0 Å². The first-order valence-corrected chi connectivity index (χ1v) is 9.40. The lowest BCUT2D eigenvalue weighted by molar-refractivity contribution is -0.123. The van der Waals surface area contributed by atoms with Crippen LogP contribution in [0.4, 0.5) is 0 Å². The van der Waals surface area contributed by atoms with Crippen molar-refractivity contribution < 1.29 is 4.79 Å². The molecular formula is C19H46N6O.